The first-order chi connectivity index (χ1) is 7.13. The van der Waals surface area contributed by atoms with Gasteiger partial charge in [0.1, 0.15) is 0 Å². The fraction of sp³-hybridized carbons (Fsp3) is 0.250. The van der Waals surface area contributed by atoms with Crippen molar-refractivity contribution in [3.8, 4) is 0 Å². The maximum absolute atomic E-state index is 11.6. The van der Waals surface area contributed by atoms with Crippen LogP contribution in [0.4, 0.5) is 0 Å². The molecular formula is C12H15NOS. The van der Waals surface area contributed by atoms with Crippen LogP contribution in [0.1, 0.15) is 17.3 Å². The second-order valence-corrected chi connectivity index (χ2v) is 4.25. The first-order valence-corrected chi connectivity index (χ1v) is 5.92. The topological polar surface area (TPSA) is 29.1 Å². The van der Waals surface area contributed by atoms with Crippen LogP contribution in [-0.4, -0.2) is 18.7 Å². The summed E-state index contributed by atoms with van der Waals surface area (Å²) >= 11 is 1.66. The van der Waals surface area contributed by atoms with E-state index in [9.17, 15) is 4.79 Å². The minimum atomic E-state index is -0.0503. The van der Waals surface area contributed by atoms with E-state index < -0.39 is 0 Å². The van der Waals surface area contributed by atoms with E-state index in [0.29, 0.717) is 12.1 Å². The summed E-state index contributed by atoms with van der Waals surface area (Å²) in [6.45, 7) is 6.15. The van der Waals surface area contributed by atoms with Gasteiger partial charge in [-0.15, -0.1) is 11.8 Å². The maximum atomic E-state index is 11.6. The fourth-order valence-corrected chi connectivity index (χ4v) is 1.48. The molecule has 80 valence electrons. The third-order valence-corrected chi connectivity index (χ3v) is 2.65. The number of thioether (sulfide) groups is 1. The lowest BCUT2D eigenvalue weighted by molar-refractivity contribution is 0.0957. The molecule has 3 heteroatoms. The van der Waals surface area contributed by atoms with Crippen molar-refractivity contribution in [2.45, 2.75) is 11.8 Å². The van der Waals surface area contributed by atoms with Gasteiger partial charge in [0.15, 0.2) is 0 Å². The summed E-state index contributed by atoms with van der Waals surface area (Å²) < 4.78 is 0. The number of rotatable bonds is 4. The molecule has 1 aromatic rings. The van der Waals surface area contributed by atoms with Gasteiger partial charge >= 0.3 is 0 Å². The number of benzene rings is 1. The van der Waals surface area contributed by atoms with Crippen LogP contribution in [0.2, 0.25) is 0 Å². The van der Waals surface area contributed by atoms with E-state index in [4.69, 9.17) is 0 Å². The van der Waals surface area contributed by atoms with Gasteiger partial charge in [-0.25, -0.2) is 0 Å². The van der Waals surface area contributed by atoms with Crippen molar-refractivity contribution in [3.05, 3.63) is 42.0 Å². The standard InChI is InChI=1S/C12H15NOS/c1-9(2)8-13-12(14)10-4-6-11(15-3)7-5-10/h4-7H,1,8H2,2-3H3,(H,13,14). The van der Waals surface area contributed by atoms with Crippen LogP contribution in [0, 0.1) is 0 Å². The molecule has 0 radical (unpaired) electrons. The Morgan fingerprint density at radius 2 is 2.00 bits per heavy atom. The van der Waals surface area contributed by atoms with E-state index in [-0.39, 0.29) is 5.91 Å². The van der Waals surface area contributed by atoms with Gasteiger partial charge in [0.2, 0.25) is 0 Å². The van der Waals surface area contributed by atoms with Crippen molar-refractivity contribution < 1.29 is 4.79 Å². The number of amides is 1. The summed E-state index contributed by atoms with van der Waals surface area (Å²) in [6.07, 6.45) is 2.01. The molecule has 0 unspecified atom stereocenters. The average Bonchev–Trinajstić information content (AvgIpc) is 2.26. The van der Waals surface area contributed by atoms with Gasteiger partial charge in [-0.3, -0.25) is 4.79 Å². The number of hydrogen-bond acceptors (Lipinski definition) is 2. The zero-order valence-electron chi connectivity index (χ0n) is 9.04. The number of nitrogens with one attached hydrogen (secondary N) is 1. The Morgan fingerprint density at radius 1 is 1.40 bits per heavy atom. The normalized spacial score (nSPS) is 9.73. The Morgan fingerprint density at radius 3 is 2.47 bits per heavy atom. The molecule has 0 heterocycles. The predicted octanol–water partition coefficient (Wildman–Crippen LogP) is 2.71. The lowest BCUT2D eigenvalue weighted by Gasteiger charge is -2.04. The van der Waals surface area contributed by atoms with E-state index in [1.807, 2.05) is 37.4 Å². The minimum absolute atomic E-state index is 0.0503. The third-order valence-electron chi connectivity index (χ3n) is 1.90. The van der Waals surface area contributed by atoms with Crippen LogP contribution in [-0.2, 0) is 0 Å². The quantitative estimate of drug-likeness (QED) is 0.625. The molecular weight excluding hydrogens is 206 g/mol. The lowest BCUT2D eigenvalue weighted by atomic mass is 10.2. The van der Waals surface area contributed by atoms with Crippen LogP contribution in [0.5, 0.6) is 0 Å². The van der Waals surface area contributed by atoms with E-state index in [0.717, 1.165) is 10.5 Å². The molecule has 0 bridgehead atoms. The van der Waals surface area contributed by atoms with Crippen LogP contribution < -0.4 is 5.32 Å². The summed E-state index contributed by atoms with van der Waals surface area (Å²) in [5, 5.41) is 2.79. The van der Waals surface area contributed by atoms with E-state index in [1.54, 1.807) is 11.8 Å². The number of carbonyl (C=O) groups excluding carboxylic acids is 1. The molecule has 15 heavy (non-hydrogen) atoms. The number of hydrogen-bond donors (Lipinski definition) is 1. The van der Waals surface area contributed by atoms with Crippen LogP contribution in [0.3, 0.4) is 0 Å². The fourth-order valence-electron chi connectivity index (χ4n) is 1.08. The average molecular weight is 221 g/mol. The first-order valence-electron chi connectivity index (χ1n) is 4.70. The third kappa shape index (κ3) is 3.80. The SMILES string of the molecule is C=C(C)CNC(=O)c1ccc(SC)cc1. The minimum Gasteiger partial charge on any atom is -0.348 e. The Kier molecular flexibility index (Phi) is 4.43. The predicted molar refractivity (Wildman–Crippen MR) is 65.4 cm³/mol. The van der Waals surface area contributed by atoms with Crippen LogP contribution >= 0.6 is 11.8 Å². The largest absolute Gasteiger partial charge is 0.348 e. The van der Waals surface area contributed by atoms with Gasteiger partial charge < -0.3 is 5.32 Å². The van der Waals surface area contributed by atoms with Gasteiger partial charge in [0.05, 0.1) is 0 Å². The second kappa shape index (κ2) is 5.61. The molecule has 0 spiro atoms. The molecule has 0 aromatic heterocycles. The molecule has 1 rings (SSSR count). The van der Waals surface area contributed by atoms with Gasteiger partial charge in [-0.2, -0.15) is 0 Å². The van der Waals surface area contributed by atoms with Crippen molar-refractivity contribution in [3.63, 3.8) is 0 Å². The summed E-state index contributed by atoms with van der Waals surface area (Å²) in [5.41, 5.74) is 1.64. The van der Waals surface area contributed by atoms with Gasteiger partial charge in [-0.05, 0) is 37.4 Å². The maximum Gasteiger partial charge on any atom is 0.251 e. The van der Waals surface area contributed by atoms with Crippen molar-refractivity contribution in [2.24, 2.45) is 0 Å². The highest BCUT2D eigenvalue weighted by Crippen LogP contribution is 2.14. The zero-order chi connectivity index (χ0) is 11.3. The molecule has 1 N–H and O–H groups in total. The van der Waals surface area contributed by atoms with Crippen molar-refractivity contribution in [1.82, 2.24) is 5.32 Å². The van der Waals surface area contributed by atoms with Crippen molar-refractivity contribution in [2.75, 3.05) is 12.8 Å². The molecule has 1 aromatic carbocycles. The van der Waals surface area contributed by atoms with Gasteiger partial charge in [-0.1, -0.05) is 12.2 Å². The van der Waals surface area contributed by atoms with Crippen LogP contribution in [0.15, 0.2) is 41.3 Å². The van der Waals surface area contributed by atoms with Crippen molar-refractivity contribution in [1.29, 1.82) is 0 Å². The molecule has 0 aliphatic carbocycles. The molecule has 2 nitrogen and oxygen atoms in total. The van der Waals surface area contributed by atoms with E-state index in [1.165, 1.54) is 0 Å². The Hall–Kier alpha value is -1.22. The Balaban J connectivity index is 2.62. The molecule has 0 atom stereocenters. The monoisotopic (exact) mass is 221 g/mol. The molecule has 1 amide bonds. The van der Waals surface area contributed by atoms with Gasteiger partial charge in [0, 0.05) is 17.0 Å². The van der Waals surface area contributed by atoms with Crippen LogP contribution in [0.25, 0.3) is 0 Å². The highest BCUT2D eigenvalue weighted by Gasteiger charge is 2.03. The van der Waals surface area contributed by atoms with Crippen molar-refractivity contribution >= 4 is 17.7 Å². The Labute approximate surface area is 94.8 Å². The summed E-state index contributed by atoms with van der Waals surface area (Å²) in [4.78, 5) is 12.7. The highest BCUT2D eigenvalue weighted by molar-refractivity contribution is 7.98. The number of carbonyl (C=O) groups is 1. The molecule has 0 aliphatic rings. The summed E-state index contributed by atoms with van der Waals surface area (Å²) in [5.74, 6) is -0.0503. The van der Waals surface area contributed by atoms with E-state index >= 15 is 0 Å². The molecule has 0 aliphatic heterocycles. The first kappa shape index (κ1) is 11.9. The molecule has 0 saturated carbocycles. The zero-order valence-corrected chi connectivity index (χ0v) is 9.86. The molecule has 0 saturated heterocycles. The second-order valence-electron chi connectivity index (χ2n) is 3.37. The van der Waals surface area contributed by atoms with E-state index in [2.05, 4.69) is 11.9 Å². The molecule has 0 fully saturated rings. The lowest BCUT2D eigenvalue weighted by Crippen LogP contribution is -2.24. The Bertz CT molecular complexity index is 356. The smallest absolute Gasteiger partial charge is 0.251 e. The highest BCUT2D eigenvalue weighted by atomic mass is 32.2. The van der Waals surface area contributed by atoms with Gasteiger partial charge in [0.25, 0.3) is 5.91 Å². The summed E-state index contributed by atoms with van der Waals surface area (Å²) in [7, 11) is 0. The summed E-state index contributed by atoms with van der Waals surface area (Å²) in [6, 6.07) is 7.56.